The van der Waals surface area contributed by atoms with E-state index in [1.807, 2.05) is 0 Å². The Kier molecular flexibility index (Phi) is 5.04. The molecule has 0 aromatic rings. The number of ether oxygens (including phenoxy) is 1. The molecule has 0 spiro atoms. The number of nitrogens with two attached hydrogens (primary N) is 1. The summed E-state index contributed by atoms with van der Waals surface area (Å²) < 4.78 is 6.23. The summed E-state index contributed by atoms with van der Waals surface area (Å²) in [4.78, 5) is 5.18. The highest BCUT2D eigenvalue weighted by Gasteiger charge is 2.52. The summed E-state index contributed by atoms with van der Waals surface area (Å²) in [6, 6.07) is 0.828. The summed E-state index contributed by atoms with van der Waals surface area (Å²) in [7, 11) is 0. The fourth-order valence-electron chi connectivity index (χ4n) is 4.37. The quantitative estimate of drug-likeness (QED) is 0.842. The molecule has 0 saturated carbocycles. The molecule has 2 rings (SSSR count). The molecule has 2 aliphatic heterocycles. The Labute approximate surface area is 131 Å². The molecular formula is C17H35N3O. The lowest BCUT2D eigenvalue weighted by Gasteiger charge is -2.32. The third-order valence-electron chi connectivity index (χ3n) is 5.69. The van der Waals surface area contributed by atoms with Crippen LogP contribution in [0.15, 0.2) is 0 Å². The van der Waals surface area contributed by atoms with Crippen LogP contribution in [0.3, 0.4) is 0 Å². The molecule has 0 radical (unpaired) electrons. The third-order valence-corrected chi connectivity index (χ3v) is 5.69. The molecule has 3 unspecified atom stereocenters. The zero-order valence-corrected chi connectivity index (χ0v) is 14.9. The highest BCUT2D eigenvalue weighted by molar-refractivity contribution is 5.05. The summed E-state index contributed by atoms with van der Waals surface area (Å²) >= 11 is 0. The van der Waals surface area contributed by atoms with Crippen LogP contribution >= 0.6 is 0 Å². The average Bonchev–Trinajstić information content (AvgIpc) is 2.88. The van der Waals surface area contributed by atoms with E-state index in [9.17, 15) is 0 Å². The zero-order chi connectivity index (χ0) is 15.8. The molecule has 2 saturated heterocycles. The van der Waals surface area contributed by atoms with Crippen molar-refractivity contribution in [3.63, 3.8) is 0 Å². The van der Waals surface area contributed by atoms with Gasteiger partial charge in [0.1, 0.15) is 0 Å². The van der Waals surface area contributed by atoms with Crippen LogP contribution in [0, 0.1) is 5.92 Å². The highest BCUT2D eigenvalue weighted by atomic mass is 16.5. The molecule has 2 heterocycles. The monoisotopic (exact) mass is 297 g/mol. The summed E-state index contributed by atoms with van der Waals surface area (Å²) in [5, 5.41) is 0. The van der Waals surface area contributed by atoms with Crippen LogP contribution in [0.25, 0.3) is 0 Å². The van der Waals surface area contributed by atoms with E-state index in [4.69, 9.17) is 10.5 Å². The van der Waals surface area contributed by atoms with Crippen LogP contribution in [-0.4, -0.2) is 65.8 Å². The molecule has 3 atom stereocenters. The van der Waals surface area contributed by atoms with Crippen LogP contribution in [0.2, 0.25) is 0 Å². The van der Waals surface area contributed by atoms with Gasteiger partial charge < -0.3 is 15.4 Å². The Morgan fingerprint density at radius 1 is 1.14 bits per heavy atom. The Hall–Kier alpha value is -0.160. The van der Waals surface area contributed by atoms with Gasteiger partial charge in [0.2, 0.25) is 0 Å². The molecule has 2 N–H and O–H groups in total. The predicted molar refractivity (Wildman–Crippen MR) is 88.5 cm³/mol. The molecule has 21 heavy (non-hydrogen) atoms. The highest BCUT2D eigenvalue weighted by Crippen LogP contribution is 2.41. The van der Waals surface area contributed by atoms with Crippen molar-refractivity contribution in [3.8, 4) is 0 Å². The maximum absolute atomic E-state index is 6.50. The molecule has 0 aromatic carbocycles. The van der Waals surface area contributed by atoms with E-state index in [1.54, 1.807) is 0 Å². The van der Waals surface area contributed by atoms with E-state index >= 15 is 0 Å². The van der Waals surface area contributed by atoms with Crippen molar-refractivity contribution in [2.75, 3.05) is 32.7 Å². The van der Waals surface area contributed by atoms with Gasteiger partial charge in [0.25, 0.3) is 0 Å². The zero-order valence-electron chi connectivity index (χ0n) is 14.9. The summed E-state index contributed by atoms with van der Waals surface area (Å²) in [5.74, 6) is 0.406. The molecule has 124 valence electrons. The van der Waals surface area contributed by atoms with E-state index < -0.39 is 0 Å². The molecule has 4 nitrogen and oxygen atoms in total. The molecule has 0 aromatic heterocycles. The molecule has 0 aliphatic carbocycles. The Morgan fingerprint density at radius 3 is 2.24 bits per heavy atom. The predicted octanol–water partition coefficient (Wildman–Crippen LogP) is 1.93. The standard InChI is InChI=1S/C17H35N3O/c1-7-20(8-2)13-9-10-19(11-13)12-14-15(18)17(5,6)21-16(14,3)4/h13-15H,7-12,18H2,1-6H3. The number of likely N-dealkylation sites (N-methyl/N-ethyl adjacent to an activating group) is 1. The lowest BCUT2D eigenvalue weighted by molar-refractivity contribution is -0.0781. The smallest absolute Gasteiger partial charge is 0.0788 e. The number of hydrogen-bond acceptors (Lipinski definition) is 4. The number of nitrogens with zero attached hydrogens (tertiary/aromatic N) is 2. The number of hydrogen-bond donors (Lipinski definition) is 1. The van der Waals surface area contributed by atoms with Crippen LogP contribution in [0.1, 0.15) is 48.0 Å². The maximum Gasteiger partial charge on any atom is 0.0788 e. The van der Waals surface area contributed by atoms with Crippen LogP contribution in [-0.2, 0) is 4.74 Å². The van der Waals surface area contributed by atoms with Gasteiger partial charge in [-0.05, 0) is 53.8 Å². The van der Waals surface area contributed by atoms with Gasteiger partial charge in [0.15, 0.2) is 0 Å². The molecule has 0 amide bonds. The summed E-state index contributed by atoms with van der Waals surface area (Å²) in [6.45, 7) is 18.9. The lowest BCUT2D eigenvalue weighted by Crippen LogP contribution is -2.48. The summed E-state index contributed by atoms with van der Waals surface area (Å²) in [5.41, 5.74) is 6.15. The second-order valence-electron chi connectivity index (χ2n) is 7.86. The van der Waals surface area contributed by atoms with E-state index in [-0.39, 0.29) is 17.2 Å². The average molecular weight is 297 g/mol. The first kappa shape index (κ1) is 17.2. The van der Waals surface area contributed by atoms with Gasteiger partial charge in [-0.1, -0.05) is 13.8 Å². The van der Waals surface area contributed by atoms with Crippen LogP contribution in [0.4, 0.5) is 0 Å². The van der Waals surface area contributed by atoms with Gasteiger partial charge in [0, 0.05) is 31.1 Å². The van der Waals surface area contributed by atoms with Crippen molar-refractivity contribution >= 4 is 0 Å². The largest absolute Gasteiger partial charge is 0.368 e. The molecule has 0 bridgehead atoms. The third kappa shape index (κ3) is 3.44. The van der Waals surface area contributed by atoms with Crippen LogP contribution < -0.4 is 5.73 Å². The minimum Gasteiger partial charge on any atom is -0.368 e. The fourth-order valence-corrected chi connectivity index (χ4v) is 4.37. The SMILES string of the molecule is CCN(CC)C1CCN(CC2C(N)C(C)(C)OC2(C)C)C1. The van der Waals surface area contributed by atoms with Crippen molar-refractivity contribution in [1.82, 2.24) is 9.80 Å². The molecule has 4 heteroatoms. The van der Waals surface area contributed by atoms with Gasteiger partial charge in [-0.3, -0.25) is 4.90 Å². The number of rotatable bonds is 5. The van der Waals surface area contributed by atoms with Gasteiger partial charge in [-0.25, -0.2) is 0 Å². The normalized spacial score (nSPS) is 35.7. The van der Waals surface area contributed by atoms with Gasteiger partial charge in [0.05, 0.1) is 11.2 Å². The number of likely N-dealkylation sites (tertiary alicyclic amines) is 1. The van der Waals surface area contributed by atoms with Crippen molar-refractivity contribution in [2.24, 2.45) is 11.7 Å². The first-order chi connectivity index (χ1) is 9.71. The lowest BCUT2D eigenvalue weighted by atomic mass is 9.83. The molecule has 2 fully saturated rings. The topological polar surface area (TPSA) is 41.7 Å². The first-order valence-corrected chi connectivity index (χ1v) is 8.63. The minimum absolute atomic E-state index is 0.111. The van der Waals surface area contributed by atoms with Crippen LogP contribution in [0.5, 0.6) is 0 Å². The second kappa shape index (κ2) is 6.15. The van der Waals surface area contributed by atoms with E-state index in [1.165, 1.54) is 19.5 Å². The van der Waals surface area contributed by atoms with Crippen molar-refractivity contribution in [2.45, 2.75) is 71.2 Å². The molecular weight excluding hydrogens is 262 g/mol. The fraction of sp³-hybridized carbons (Fsp3) is 1.00. The van der Waals surface area contributed by atoms with E-state index in [0.717, 1.165) is 25.7 Å². The Balaban J connectivity index is 1.97. The summed E-state index contributed by atoms with van der Waals surface area (Å²) in [6.07, 6.45) is 1.29. The minimum atomic E-state index is -0.216. The van der Waals surface area contributed by atoms with Gasteiger partial charge in [-0.15, -0.1) is 0 Å². The maximum atomic E-state index is 6.50. The van der Waals surface area contributed by atoms with Gasteiger partial charge >= 0.3 is 0 Å². The first-order valence-electron chi connectivity index (χ1n) is 8.63. The van der Waals surface area contributed by atoms with Gasteiger partial charge in [-0.2, -0.15) is 0 Å². The van der Waals surface area contributed by atoms with E-state index in [2.05, 4.69) is 51.3 Å². The molecule has 2 aliphatic rings. The van der Waals surface area contributed by atoms with E-state index in [0.29, 0.717) is 5.92 Å². The Morgan fingerprint density at radius 2 is 1.76 bits per heavy atom. The van der Waals surface area contributed by atoms with Crippen molar-refractivity contribution in [3.05, 3.63) is 0 Å². The Bertz CT molecular complexity index is 352. The van der Waals surface area contributed by atoms with Crippen molar-refractivity contribution in [1.29, 1.82) is 0 Å². The van der Waals surface area contributed by atoms with Crippen molar-refractivity contribution < 1.29 is 4.74 Å². The second-order valence-corrected chi connectivity index (χ2v) is 7.86.